The molecule has 7 nitrogen and oxygen atoms in total. The number of aliphatic hydroxyl groups is 1. The molecule has 1 aromatic carbocycles. The molecule has 1 atom stereocenters. The molecule has 0 bridgehead atoms. The maximum absolute atomic E-state index is 11.1. The van der Waals surface area contributed by atoms with Crippen LogP contribution in [-0.2, 0) is 11.3 Å². The summed E-state index contributed by atoms with van der Waals surface area (Å²) in [6.07, 6.45) is -0.573. The lowest BCUT2D eigenvalue weighted by atomic mass is 10.1. The summed E-state index contributed by atoms with van der Waals surface area (Å²) in [4.78, 5) is 12.6. The highest BCUT2D eigenvalue weighted by Crippen LogP contribution is 2.25. The summed E-state index contributed by atoms with van der Waals surface area (Å²) < 4.78 is 4.87. The van der Waals surface area contributed by atoms with Crippen molar-refractivity contribution in [2.45, 2.75) is 19.6 Å². The molecule has 1 aromatic rings. The first-order chi connectivity index (χ1) is 9.97. The normalized spacial score (nSPS) is 12.4. The molecular formula is C14H23N3O4. The number of ether oxygens (including phenoxy) is 1. The van der Waals surface area contributed by atoms with E-state index in [1.165, 1.54) is 7.11 Å². The fraction of sp³-hybridized carbons (Fsp3) is 0.571. The van der Waals surface area contributed by atoms with Gasteiger partial charge in [0.25, 0.3) is 5.69 Å². The molecule has 0 heterocycles. The summed E-state index contributed by atoms with van der Waals surface area (Å²) in [6, 6.07) is 5.14. The van der Waals surface area contributed by atoms with E-state index < -0.39 is 6.10 Å². The van der Waals surface area contributed by atoms with Crippen LogP contribution in [0.2, 0.25) is 0 Å². The number of nitrogens with zero attached hydrogens (tertiary/aromatic N) is 2. The second-order valence-electron chi connectivity index (χ2n) is 4.94. The number of hydrogen-bond acceptors (Lipinski definition) is 6. The number of nitro groups is 1. The number of rotatable bonds is 9. The molecule has 7 heteroatoms. The number of nitro benzene ring substituents is 1. The molecule has 21 heavy (non-hydrogen) atoms. The molecule has 118 valence electrons. The topological polar surface area (TPSA) is 87.9 Å². The highest BCUT2D eigenvalue weighted by atomic mass is 16.6. The maximum Gasteiger partial charge on any atom is 0.292 e. The number of nitrogens with one attached hydrogen (secondary N) is 1. The van der Waals surface area contributed by atoms with Gasteiger partial charge in [-0.3, -0.25) is 15.0 Å². The van der Waals surface area contributed by atoms with Crippen molar-refractivity contribution < 1.29 is 14.8 Å². The molecule has 0 saturated carbocycles. The SMILES string of the molecule is CCNc1ccc(CN(C)CC(O)COC)cc1[N+](=O)[O-]. The first-order valence-corrected chi connectivity index (χ1v) is 6.84. The van der Waals surface area contributed by atoms with E-state index in [4.69, 9.17) is 4.74 Å². The Kier molecular flexibility index (Phi) is 7.07. The van der Waals surface area contributed by atoms with Crippen molar-refractivity contribution >= 4 is 11.4 Å². The first-order valence-electron chi connectivity index (χ1n) is 6.84. The van der Waals surface area contributed by atoms with Gasteiger partial charge in [0.05, 0.1) is 17.6 Å². The zero-order valence-electron chi connectivity index (χ0n) is 12.7. The average molecular weight is 297 g/mol. The molecule has 1 unspecified atom stereocenters. The minimum absolute atomic E-state index is 0.0696. The minimum atomic E-state index is -0.573. The zero-order valence-corrected chi connectivity index (χ0v) is 12.7. The Morgan fingerprint density at radius 2 is 2.24 bits per heavy atom. The summed E-state index contributed by atoms with van der Waals surface area (Å²) in [5.41, 5.74) is 1.42. The predicted molar refractivity (Wildman–Crippen MR) is 81.5 cm³/mol. The van der Waals surface area contributed by atoms with Crippen molar-refractivity contribution in [1.29, 1.82) is 0 Å². The zero-order chi connectivity index (χ0) is 15.8. The monoisotopic (exact) mass is 297 g/mol. The highest BCUT2D eigenvalue weighted by Gasteiger charge is 2.15. The van der Waals surface area contributed by atoms with Gasteiger partial charge in [-0.1, -0.05) is 6.07 Å². The number of aliphatic hydroxyl groups excluding tert-OH is 1. The van der Waals surface area contributed by atoms with Crippen LogP contribution in [0.25, 0.3) is 0 Å². The van der Waals surface area contributed by atoms with E-state index in [0.29, 0.717) is 25.3 Å². The fourth-order valence-electron chi connectivity index (χ4n) is 2.15. The van der Waals surface area contributed by atoms with Gasteiger partial charge in [-0.25, -0.2) is 0 Å². The summed E-state index contributed by atoms with van der Waals surface area (Å²) in [6.45, 7) is 3.75. The van der Waals surface area contributed by atoms with E-state index in [0.717, 1.165) is 5.56 Å². The van der Waals surface area contributed by atoms with Gasteiger partial charge in [-0.05, 0) is 25.6 Å². The highest BCUT2D eigenvalue weighted by molar-refractivity contribution is 5.62. The number of likely N-dealkylation sites (N-methyl/N-ethyl adjacent to an activating group) is 1. The van der Waals surface area contributed by atoms with Crippen molar-refractivity contribution in [2.24, 2.45) is 0 Å². The van der Waals surface area contributed by atoms with E-state index in [9.17, 15) is 15.2 Å². The Labute approximate surface area is 124 Å². The second kappa shape index (κ2) is 8.56. The largest absolute Gasteiger partial charge is 0.389 e. The summed E-state index contributed by atoms with van der Waals surface area (Å²) in [5, 5.41) is 23.7. The number of benzene rings is 1. The van der Waals surface area contributed by atoms with Crippen LogP contribution in [0.5, 0.6) is 0 Å². The molecule has 0 aliphatic rings. The van der Waals surface area contributed by atoms with Gasteiger partial charge in [0.2, 0.25) is 0 Å². The number of hydrogen-bond donors (Lipinski definition) is 2. The van der Waals surface area contributed by atoms with Crippen molar-refractivity contribution in [3.63, 3.8) is 0 Å². The van der Waals surface area contributed by atoms with Crippen molar-refractivity contribution in [1.82, 2.24) is 4.90 Å². The molecule has 0 saturated heterocycles. The van der Waals surface area contributed by atoms with Crippen molar-refractivity contribution in [2.75, 3.05) is 39.2 Å². The molecule has 1 rings (SSSR count). The van der Waals surface area contributed by atoms with Crippen molar-refractivity contribution in [3.8, 4) is 0 Å². The van der Waals surface area contributed by atoms with E-state index in [-0.39, 0.29) is 17.2 Å². The fourth-order valence-corrected chi connectivity index (χ4v) is 2.15. The Balaban J connectivity index is 2.75. The summed E-state index contributed by atoms with van der Waals surface area (Å²) in [7, 11) is 3.38. The van der Waals surface area contributed by atoms with Gasteiger partial charge in [0.15, 0.2) is 0 Å². The third-order valence-corrected chi connectivity index (χ3v) is 2.96. The Bertz CT molecular complexity index is 468. The number of anilines is 1. The standard InChI is InChI=1S/C14H23N3O4/c1-4-15-13-6-5-11(7-14(13)17(19)20)8-16(2)9-12(18)10-21-3/h5-7,12,15,18H,4,8-10H2,1-3H3. The van der Waals surface area contributed by atoms with Crippen LogP contribution in [0.1, 0.15) is 12.5 Å². The molecule has 0 fully saturated rings. The average Bonchev–Trinajstić information content (AvgIpc) is 2.40. The third-order valence-electron chi connectivity index (χ3n) is 2.96. The van der Waals surface area contributed by atoms with E-state index in [1.54, 1.807) is 12.1 Å². The van der Waals surface area contributed by atoms with Crippen LogP contribution >= 0.6 is 0 Å². The van der Waals surface area contributed by atoms with Gasteiger partial charge < -0.3 is 15.2 Å². The predicted octanol–water partition coefficient (Wildman–Crippen LogP) is 1.47. The van der Waals surface area contributed by atoms with Crippen LogP contribution in [-0.4, -0.2) is 54.9 Å². The molecule has 0 aliphatic heterocycles. The van der Waals surface area contributed by atoms with Crippen LogP contribution in [0, 0.1) is 10.1 Å². The lowest BCUT2D eigenvalue weighted by Crippen LogP contribution is -2.31. The molecule has 2 N–H and O–H groups in total. The minimum Gasteiger partial charge on any atom is -0.389 e. The smallest absolute Gasteiger partial charge is 0.292 e. The van der Waals surface area contributed by atoms with E-state index in [2.05, 4.69) is 5.32 Å². The van der Waals surface area contributed by atoms with Crippen LogP contribution in [0.15, 0.2) is 18.2 Å². The van der Waals surface area contributed by atoms with E-state index >= 15 is 0 Å². The number of methoxy groups -OCH3 is 1. The third kappa shape index (κ3) is 5.66. The van der Waals surface area contributed by atoms with Gasteiger partial charge in [0.1, 0.15) is 5.69 Å². The van der Waals surface area contributed by atoms with Crippen LogP contribution in [0.4, 0.5) is 11.4 Å². The molecule has 0 spiro atoms. The lowest BCUT2D eigenvalue weighted by molar-refractivity contribution is -0.384. The second-order valence-corrected chi connectivity index (χ2v) is 4.94. The molecule has 0 radical (unpaired) electrons. The summed E-state index contributed by atoms with van der Waals surface area (Å²) >= 11 is 0. The van der Waals surface area contributed by atoms with Crippen LogP contribution < -0.4 is 5.32 Å². The quantitative estimate of drug-likeness (QED) is 0.530. The van der Waals surface area contributed by atoms with Crippen molar-refractivity contribution in [3.05, 3.63) is 33.9 Å². The Morgan fingerprint density at radius 1 is 1.52 bits per heavy atom. The maximum atomic E-state index is 11.1. The molecule has 0 aliphatic carbocycles. The molecular weight excluding hydrogens is 274 g/mol. The Hall–Kier alpha value is -1.70. The van der Waals surface area contributed by atoms with Gasteiger partial charge in [-0.15, -0.1) is 0 Å². The molecule has 0 amide bonds. The summed E-state index contributed by atoms with van der Waals surface area (Å²) in [5.74, 6) is 0. The first kappa shape index (κ1) is 17.4. The van der Waals surface area contributed by atoms with Gasteiger partial charge in [-0.2, -0.15) is 0 Å². The lowest BCUT2D eigenvalue weighted by Gasteiger charge is -2.20. The van der Waals surface area contributed by atoms with Gasteiger partial charge >= 0.3 is 0 Å². The Morgan fingerprint density at radius 3 is 2.81 bits per heavy atom. The van der Waals surface area contributed by atoms with Crippen LogP contribution in [0.3, 0.4) is 0 Å². The molecule has 0 aromatic heterocycles. The van der Waals surface area contributed by atoms with Gasteiger partial charge in [0, 0.05) is 32.8 Å². The van der Waals surface area contributed by atoms with E-state index in [1.807, 2.05) is 24.9 Å².